The predicted octanol–water partition coefficient (Wildman–Crippen LogP) is 3.15. The number of methoxy groups -OCH3 is 1. The largest absolute Gasteiger partial charge is 0.497 e. The molecule has 9 nitrogen and oxygen atoms in total. The zero-order valence-corrected chi connectivity index (χ0v) is 23.2. The highest BCUT2D eigenvalue weighted by molar-refractivity contribution is 6.42. The van der Waals surface area contributed by atoms with Crippen molar-refractivity contribution >= 4 is 40.9 Å². The van der Waals surface area contributed by atoms with E-state index in [1.807, 2.05) is 19.0 Å². The first kappa shape index (κ1) is 28.2. The van der Waals surface area contributed by atoms with Gasteiger partial charge in [-0.25, -0.2) is 0 Å². The van der Waals surface area contributed by atoms with Crippen LogP contribution in [-0.2, 0) is 9.53 Å². The molecule has 2 fully saturated rings. The van der Waals surface area contributed by atoms with Crippen molar-refractivity contribution in [3.63, 3.8) is 0 Å². The summed E-state index contributed by atoms with van der Waals surface area (Å²) >= 11 is 12.1. The fraction of sp³-hybridized carbons (Fsp3) is 0.444. The zero-order valence-electron chi connectivity index (χ0n) is 21.7. The lowest BCUT2D eigenvalue weighted by Gasteiger charge is -2.44. The molecular formula is C27H32Cl2N4O5. The van der Waals surface area contributed by atoms with Gasteiger partial charge in [0, 0.05) is 50.1 Å². The maximum atomic E-state index is 13.9. The minimum Gasteiger partial charge on any atom is -0.497 e. The average Bonchev–Trinajstić information content (AvgIpc) is 3.28. The first-order valence-corrected chi connectivity index (χ1v) is 13.2. The molecule has 204 valence electrons. The highest BCUT2D eigenvalue weighted by Crippen LogP contribution is 2.39. The van der Waals surface area contributed by atoms with Crippen molar-refractivity contribution in [1.82, 2.24) is 20.0 Å². The van der Waals surface area contributed by atoms with E-state index < -0.39 is 11.8 Å². The number of benzene rings is 2. The van der Waals surface area contributed by atoms with Crippen molar-refractivity contribution in [2.45, 2.75) is 24.6 Å². The van der Waals surface area contributed by atoms with E-state index in [9.17, 15) is 14.4 Å². The Morgan fingerprint density at radius 2 is 1.76 bits per heavy atom. The standard InChI is InChI=1S/C27H32Cl2N4O5/c1-31(2)14-11-30-24(34)23-17-38-27(33(23)26(36)18-5-4-6-20(15-18)37-3)9-12-32(13-10-27)25(35)19-7-8-21(28)22(29)16-19/h4-8,15-16,23H,9-14,17H2,1-3H3,(H,30,34)/t23-/m1/s1. The molecule has 2 heterocycles. The number of likely N-dealkylation sites (tertiary alicyclic amines) is 1. The van der Waals surface area contributed by atoms with Gasteiger partial charge in [0.05, 0.1) is 23.8 Å². The van der Waals surface area contributed by atoms with Crippen LogP contribution in [0.1, 0.15) is 33.6 Å². The van der Waals surface area contributed by atoms with Gasteiger partial charge in [-0.15, -0.1) is 0 Å². The summed E-state index contributed by atoms with van der Waals surface area (Å²) < 4.78 is 11.6. The Hall–Kier alpha value is -2.85. The number of nitrogens with one attached hydrogen (secondary N) is 1. The summed E-state index contributed by atoms with van der Waals surface area (Å²) in [6.45, 7) is 1.87. The van der Waals surface area contributed by atoms with Gasteiger partial charge >= 0.3 is 0 Å². The van der Waals surface area contributed by atoms with Gasteiger partial charge in [0.15, 0.2) is 0 Å². The molecule has 38 heavy (non-hydrogen) atoms. The first-order chi connectivity index (χ1) is 18.1. The molecule has 2 saturated heterocycles. The maximum Gasteiger partial charge on any atom is 0.257 e. The van der Waals surface area contributed by atoms with Crippen molar-refractivity contribution in [3.8, 4) is 5.75 Å². The van der Waals surface area contributed by atoms with Crippen LogP contribution in [0.25, 0.3) is 0 Å². The third-order valence-corrected chi connectivity index (χ3v) is 7.69. The van der Waals surface area contributed by atoms with E-state index in [4.69, 9.17) is 32.7 Å². The molecule has 0 bridgehead atoms. The number of likely N-dealkylation sites (N-methyl/N-ethyl adjacent to an activating group) is 1. The molecule has 11 heteroatoms. The topological polar surface area (TPSA) is 91.4 Å². The lowest BCUT2D eigenvalue weighted by Crippen LogP contribution is -2.60. The Kier molecular flexibility index (Phi) is 8.82. The molecular weight excluding hydrogens is 531 g/mol. The van der Waals surface area contributed by atoms with Crippen molar-refractivity contribution in [2.75, 3.05) is 54.0 Å². The van der Waals surface area contributed by atoms with Gasteiger partial charge in [-0.2, -0.15) is 0 Å². The molecule has 2 aliphatic heterocycles. The van der Waals surface area contributed by atoms with Gasteiger partial charge in [0.1, 0.15) is 17.5 Å². The summed E-state index contributed by atoms with van der Waals surface area (Å²) in [7, 11) is 5.38. The quantitative estimate of drug-likeness (QED) is 0.557. The number of rotatable bonds is 7. The fourth-order valence-corrected chi connectivity index (χ4v) is 5.15. The van der Waals surface area contributed by atoms with Gasteiger partial charge < -0.3 is 24.6 Å². The fourth-order valence-electron chi connectivity index (χ4n) is 4.85. The molecule has 4 rings (SSSR count). The van der Waals surface area contributed by atoms with Crippen molar-refractivity contribution in [2.24, 2.45) is 0 Å². The third kappa shape index (κ3) is 5.91. The number of halogens is 2. The zero-order chi connectivity index (χ0) is 27.4. The van der Waals surface area contributed by atoms with E-state index in [1.54, 1.807) is 52.3 Å². The van der Waals surface area contributed by atoms with Gasteiger partial charge in [0.2, 0.25) is 5.91 Å². The molecule has 0 aromatic heterocycles. The van der Waals surface area contributed by atoms with Crippen LogP contribution in [0.15, 0.2) is 42.5 Å². The Morgan fingerprint density at radius 1 is 1.05 bits per heavy atom. The number of carbonyl (C=O) groups is 3. The number of ether oxygens (including phenoxy) is 2. The number of nitrogens with zero attached hydrogens (tertiary/aromatic N) is 3. The molecule has 1 spiro atoms. The van der Waals surface area contributed by atoms with Crippen LogP contribution < -0.4 is 10.1 Å². The molecule has 0 radical (unpaired) electrons. The van der Waals surface area contributed by atoms with Crippen LogP contribution in [0.3, 0.4) is 0 Å². The lowest BCUT2D eigenvalue weighted by atomic mass is 9.96. The van der Waals surface area contributed by atoms with Crippen LogP contribution in [0.4, 0.5) is 0 Å². The van der Waals surface area contributed by atoms with E-state index in [0.717, 1.165) is 0 Å². The Balaban J connectivity index is 1.56. The van der Waals surface area contributed by atoms with Crippen LogP contribution in [0, 0.1) is 0 Å². The van der Waals surface area contributed by atoms with Crippen molar-refractivity contribution in [3.05, 3.63) is 63.6 Å². The Bertz CT molecular complexity index is 1200. The second-order valence-corrected chi connectivity index (χ2v) is 10.5. The van der Waals surface area contributed by atoms with E-state index in [0.29, 0.717) is 65.9 Å². The summed E-state index contributed by atoms with van der Waals surface area (Å²) in [5.41, 5.74) is -0.183. The molecule has 3 amide bonds. The van der Waals surface area contributed by atoms with Crippen LogP contribution in [0.5, 0.6) is 5.75 Å². The highest BCUT2D eigenvalue weighted by Gasteiger charge is 2.54. The summed E-state index contributed by atoms with van der Waals surface area (Å²) in [5.74, 6) is -0.230. The number of carbonyl (C=O) groups excluding carboxylic acids is 3. The minimum atomic E-state index is -1.02. The monoisotopic (exact) mass is 562 g/mol. The van der Waals surface area contributed by atoms with E-state index in [1.165, 1.54) is 7.11 Å². The number of hydrogen-bond acceptors (Lipinski definition) is 6. The van der Waals surface area contributed by atoms with Gasteiger partial charge in [-0.1, -0.05) is 29.3 Å². The second-order valence-electron chi connectivity index (χ2n) is 9.70. The average molecular weight is 563 g/mol. The molecule has 0 unspecified atom stereocenters. The van der Waals surface area contributed by atoms with E-state index in [-0.39, 0.29) is 24.3 Å². The molecule has 0 saturated carbocycles. The van der Waals surface area contributed by atoms with E-state index in [2.05, 4.69) is 5.32 Å². The highest BCUT2D eigenvalue weighted by atomic mass is 35.5. The van der Waals surface area contributed by atoms with Gasteiger partial charge in [0.25, 0.3) is 11.8 Å². The SMILES string of the molecule is COc1cccc(C(=O)N2[C@@H](C(=O)NCCN(C)C)COC23CCN(C(=O)c2ccc(Cl)c(Cl)c2)CC3)c1. The molecule has 1 N–H and O–H groups in total. The Labute approximate surface area is 232 Å². The summed E-state index contributed by atoms with van der Waals surface area (Å²) in [4.78, 5) is 45.5. The van der Waals surface area contributed by atoms with Crippen LogP contribution in [0.2, 0.25) is 10.0 Å². The third-order valence-electron chi connectivity index (χ3n) is 6.96. The number of piperidine rings is 1. The number of amides is 3. The van der Waals surface area contributed by atoms with Crippen LogP contribution in [-0.4, -0.2) is 98.2 Å². The van der Waals surface area contributed by atoms with Crippen LogP contribution >= 0.6 is 23.2 Å². The van der Waals surface area contributed by atoms with Gasteiger partial charge in [-0.3, -0.25) is 19.3 Å². The van der Waals surface area contributed by atoms with E-state index >= 15 is 0 Å². The molecule has 0 aliphatic carbocycles. The Morgan fingerprint density at radius 3 is 2.42 bits per heavy atom. The molecule has 2 aromatic rings. The second kappa shape index (κ2) is 11.9. The normalized spacial score (nSPS) is 18.6. The number of hydrogen-bond donors (Lipinski definition) is 1. The predicted molar refractivity (Wildman–Crippen MR) is 145 cm³/mol. The molecule has 2 aliphatic rings. The summed E-state index contributed by atoms with van der Waals surface area (Å²) in [6.07, 6.45) is 0.717. The summed E-state index contributed by atoms with van der Waals surface area (Å²) in [6, 6.07) is 10.8. The smallest absolute Gasteiger partial charge is 0.257 e. The first-order valence-electron chi connectivity index (χ1n) is 12.4. The maximum absolute atomic E-state index is 13.9. The minimum absolute atomic E-state index is 0.0737. The lowest BCUT2D eigenvalue weighted by molar-refractivity contribution is -0.128. The van der Waals surface area contributed by atoms with Crippen molar-refractivity contribution < 1.29 is 23.9 Å². The molecule has 1 atom stereocenters. The molecule has 2 aromatic carbocycles. The van der Waals surface area contributed by atoms with Crippen molar-refractivity contribution in [1.29, 1.82) is 0 Å². The van der Waals surface area contributed by atoms with Gasteiger partial charge in [-0.05, 0) is 50.5 Å². The summed E-state index contributed by atoms with van der Waals surface area (Å²) in [5, 5.41) is 3.61.